The first kappa shape index (κ1) is 20.4. The van der Waals surface area contributed by atoms with Crippen LogP contribution in [0.4, 0.5) is 35.3 Å². The van der Waals surface area contributed by atoms with Crippen molar-refractivity contribution in [2.45, 2.75) is 18.6 Å². The van der Waals surface area contributed by atoms with Crippen molar-refractivity contribution in [1.29, 1.82) is 5.26 Å². The Morgan fingerprint density at radius 2 is 2.06 bits per heavy atom. The van der Waals surface area contributed by atoms with E-state index in [9.17, 15) is 22.8 Å². The molecular weight excluding hydrogens is 415 g/mol. The zero-order valence-electron chi connectivity index (χ0n) is 16.0. The van der Waals surface area contributed by atoms with Gasteiger partial charge in [0.25, 0.3) is 5.91 Å². The first-order valence-corrected chi connectivity index (χ1v) is 9.32. The summed E-state index contributed by atoms with van der Waals surface area (Å²) in [6, 6.07) is 7.08. The number of rotatable bonds is 3. The number of hydrogen-bond donors (Lipinski definition) is 2. The van der Waals surface area contributed by atoms with Crippen LogP contribution in [0.1, 0.15) is 22.5 Å². The summed E-state index contributed by atoms with van der Waals surface area (Å²) in [6.45, 7) is -0.228. The lowest BCUT2D eigenvalue weighted by Gasteiger charge is -2.35. The molecule has 1 saturated heterocycles. The van der Waals surface area contributed by atoms with E-state index < -0.39 is 24.7 Å². The van der Waals surface area contributed by atoms with Crippen molar-refractivity contribution < 1.29 is 22.8 Å². The van der Waals surface area contributed by atoms with Gasteiger partial charge in [-0.2, -0.15) is 18.4 Å². The molecule has 3 amide bonds. The number of carbonyl (C=O) groups is 2. The highest BCUT2D eigenvalue weighted by atomic mass is 19.4. The van der Waals surface area contributed by atoms with Gasteiger partial charge in [-0.25, -0.2) is 14.8 Å². The zero-order chi connectivity index (χ0) is 22.2. The maximum absolute atomic E-state index is 13.0. The van der Waals surface area contributed by atoms with Crippen molar-refractivity contribution in [3.05, 3.63) is 41.7 Å². The van der Waals surface area contributed by atoms with Gasteiger partial charge in [0.2, 0.25) is 0 Å². The number of nitriles is 1. The van der Waals surface area contributed by atoms with Gasteiger partial charge in [-0.3, -0.25) is 15.0 Å². The van der Waals surface area contributed by atoms with Crippen LogP contribution in [0.5, 0.6) is 0 Å². The Kier molecular flexibility index (Phi) is 5.10. The summed E-state index contributed by atoms with van der Waals surface area (Å²) in [4.78, 5) is 36.8. The summed E-state index contributed by atoms with van der Waals surface area (Å²) >= 11 is 0. The summed E-state index contributed by atoms with van der Waals surface area (Å²) in [5, 5.41) is 13.3. The van der Waals surface area contributed by atoms with Gasteiger partial charge in [0.1, 0.15) is 24.1 Å². The van der Waals surface area contributed by atoms with Crippen molar-refractivity contribution in [2.24, 2.45) is 0 Å². The molecule has 2 aliphatic heterocycles. The predicted octanol–water partition coefficient (Wildman–Crippen LogP) is 2.27. The van der Waals surface area contributed by atoms with Gasteiger partial charge in [0, 0.05) is 19.3 Å². The minimum Gasteiger partial charge on any atom is -0.366 e. The number of carbonyl (C=O) groups excluding carboxylic acids is 2. The van der Waals surface area contributed by atoms with Gasteiger partial charge in [-0.15, -0.1) is 0 Å². The molecule has 1 fully saturated rings. The van der Waals surface area contributed by atoms with Crippen LogP contribution in [-0.2, 0) is 0 Å². The molecule has 4 heterocycles. The molecule has 1 atom stereocenters. The van der Waals surface area contributed by atoms with E-state index in [1.54, 1.807) is 11.4 Å². The molecule has 0 saturated carbocycles. The molecule has 2 aromatic heterocycles. The fourth-order valence-electron chi connectivity index (χ4n) is 3.57. The lowest BCUT2D eigenvalue weighted by Crippen LogP contribution is -2.48. The fraction of sp³-hybridized carbons (Fsp3) is 0.316. The molecule has 4 rings (SSSR count). The number of pyridine rings is 2. The van der Waals surface area contributed by atoms with Crippen LogP contribution in [0.2, 0.25) is 0 Å². The van der Waals surface area contributed by atoms with Gasteiger partial charge in [-0.1, -0.05) is 0 Å². The Hall–Kier alpha value is -3.88. The van der Waals surface area contributed by atoms with E-state index in [1.807, 2.05) is 11.0 Å². The first-order valence-electron chi connectivity index (χ1n) is 9.32. The molecule has 12 heteroatoms. The zero-order valence-corrected chi connectivity index (χ0v) is 16.0. The molecule has 2 aliphatic rings. The molecule has 0 unspecified atom stereocenters. The van der Waals surface area contributed by atoms with E-state index >= 15 is 0 Å². The second-order valence-electron chi connectivity index (χ2n) is 7.07. The summed E-state index contributed by atoms with van der Waals surface area (Å²) < 4.78 is 37.2. The van der Waals surface area contributed by atoms with Crippen LogP contribution in [0, 0.1) is 11.3 Å². The lowest BCUT2D eigenvalue weighted by molar-refractivity contribution is -0.123. The van der Waals surface area contributed by atoms with E-state index in [0.717, 1.165) is 0 Å². The normalized spacial score (nSPS) is 17.0. The third-order valence-corrected chi connectivity index (χ3v) is 4.98. The number of nitrogens with zero attached hydrogens (tertiary/aromatic N) is 5. The second-order valence-corrected chi connectivity index (χ2v) is 7.07. The smallest absolute Gasteiger partial charge is 0.366 e. The SMILES string of the molecule is N#Cc1ccc(NC(=O)N2c3nc(C(=O)NCC(F)(F)F)ccc3N3CC[C@H]2C3)nc1. The van der Waals surface area contributed by atoms with Crippen molar-refractivity contribution in [3.8, 4) is 6.07 Å². The Morgan fingerprint density at radius 1 is 1.26 bits per heavy atom. The van der Waals surface area contributed by atoms with Crippen molar-refractivity contribution in [3.63, 3.8) is 0 Å². The number of fused-ring (bicyclic) bond motifs is 4. The lowest BCUT2D eigenvalue weighted by atomic mass is 10.1. The molecule has 2 N–H and O–H groups in total. The van der Waals surface area contributed by atoms with Crippen LogP contribution in [0.3, 0.4) is 0 Å². The fourth-order valence-corrected chi connectivity index (χ4v) is 3.57. The Labute approximate surface area is 174 Å². The summed E-state index contributed by atoms with van der Waals surface area (Å²) in [5.41, 5.74) is 0.729. The highest BCUT2D eigenvalue weighted by molar-refractivity contribution is 6.05. The van der Waals surface area contributed by atoms with Crippen LogP contribution in [-0.4, -0.2) is 53.8 Å². The molecule has 0 aliphatic carbocycles. The highest BCUT2D eigenvalue weighted by Crippen LogP contribution is 2.39. The number of hydrogen-bond acceptors (Lipinski definition) is 6. The minimum atomic E-state index is -4.55. The molecule has 0 aromatic carbocycles. The van der Waals surface area contributed by atoms with Crippen molar-refractivity contribution >= 4 is 29.3 Å². The van der Waals surface area contributed by atoms with E-state index in [4.69, 9.17) is 5.26 Å². The predicted molar refractivity (Wildman–Crippen MR) is 104 cm³/mol. The molecule has 160 valence electrons. The maximum Gasteiger partial charge on any atom is 0.405 e. The summed E-state index contributed by atoms with van der Waals surface area (Å²) in [7, 11) is 0. The van der Waals surface area contributed by atoms with Crippen LogP contribution in [0.15, 0.2) is 30.5 Å². The molecular formula is C19H16F3N7O2. The summed E-state index contributed by atoms with van der Waals surface area (Å²) in [5.74, 6) is -0.563. The van der Waals surface area contributed by atoms with Gasteiger partial charge >= 0.3 is 12.2 Å². The number of nitrogens with one attached hydrogen (secondary N) is 2. The Bertz CT molecular complexity index is 1070. The molecule has 0 spiro atoms. The number of alkyl halides is 3. The monoisotopic (exact) mass is 431 g/mol. The van der Waals surface area contributed by atoms with Gasteiger partial charge in [0.15, 0.2) is 5.82 Å². The standard InChI is InChI=1S/C19H16F3N7O2/c20-19(21,22)10-25-17(30)13-2-3-14-16(26-13)29(12-5-6-28(14)9-12)18(31)27-15-4-1-11(7-23)8-24-15/h1-4,8,12H,5-6,9-10H2,(H,25,30)(H,24,27,31)/t12-/m0/s1. The molecule has 9 nitrogen and oxygen atoms in total. The minimum absolute atomic E-state index is 0.194. The molecule has 31 heavy (non-hydrogen) atoms. The number of urea groups is 1. The largest absolute Gasteiger partial charge is 0.405 e. The molecule has 2 bridgehead atoms. The summed E-state index contributed by atoms with van der Waals surface area (Å²) in [6.07, 6.45) is -2.56. The van der Waals surface area contributed by atoms with Crippen LogP contribution >= 0.6 is 0 Å². The average molecular weight is 431 g/mol. The van der Waals surface area contributed by atoms with E-state index in [-0.39, 0.29) is 23.4 Å². The topological polar surface area (TPSA) is 114 Å². The van der Waals surface area contributed by atoms with Crippen molar-refractivity contribution in [1.82, 2.24) is 15.3 Å². The van der Waals surface area contributed by atoms with Crippen molar-refractivity contribution in [2.75, 3.05) is 34.8 Å². The van der Waals surface area contributed by atoms with E-state index in [0.29, 0.717) is 30.8 Å². The molecule has 2 aromatic rings. The van der Waals surface area contributed by atoms with Crippen LogP contribution in [0.25, 0.3) is 0 Å². The van der Waals surface area contributed by atoms with Gasteiger partial charge in [-0.05, 0) is 30.7 Å². The third kappa shape index (κ3) is 4.20. The Morgan fingerprint density at radius 3 is 2.74 bits per heavy atom. The second kappa shape index (κ2) is 7.75. The third-order valence-electron chi connectivity index (χ3n) is 4.98. The average Bonchev–Trinajstić information content (AvgIpc) is 3.16. The van der Waals surface area contributed by atoms with E-state index in [2.05, 4.69) is 15.3 Å². The number of amides is 3. The Balaban J connectivity index is 1.60. The maximum atomic E-state index is 13.0. The van der Waals surface area contributed by atoms with Crippen LogP contribution < -0.4 is 20.4 Å². The number of aromatic nitrogens is 2. The molecule has 0 radical (unpaired) electrons. The highest BCUT2D eigenvalue weighted by Gasteiger charge is 2.40. The quantitative estimate of drug-likeness (QED) is 0.771. The van der Waals surface area contributed by atoms with Gasteiger partial charge in [0.05, 0.1) is 17.3 Å². The first-order chi connectivity index (χ1) is 14.7. The van der Waals surface area contributed by atoms with Gasteiger partial charge < -0.3 is 10.2 Å². The number of anilines is 3. The number of halogens is 3. The van der Waals surface area contributed by atoms with E-state index in [1.165, 1.54) is 29.3 Å².